The molecule has 0 bridgehead atoms. The topological polar surface area (TPSA) is 106 Å². The van der Waals surface area contributed by atoms with Gasteiger partial charge in [-0.1, -0.05) is 35.9 Å². The summed E-state index contributed by atoms with van der Waals surface area (Å²) in [6.07, 6.45) is 1.54. The number of anilines is 2. The summed E-state index contributed by atoms with van der Waals surface area (Å²) in [7, 11) is 3.05. The van der Waals surface area contributed by atoms with Crippen LogP contribution in [-0.4, -0.2) is 37.7 Å². The Hall–Kier alpha value is -4.73. The molecule has 0 unspecified atom stereocenters. The minimum absolute atomic E-state index is 0.0171. The van der Waals surface area contributed by atoms with Crippen molar-refractivity contribution in [1.29, 1.82) is 0 Å². The second kappa shape index (κ2) is 14.8. The van der Waals surface area contributed by atoms with E-state index in [-0.39, 0.29) is 17.4 Å². The second-order valence-electron chi connectivity index (χ2n) is 8.81. The van der Waals surface area contributed by atoms with E-state index in [1.165, 1.54) is 24.9 Å². The zero-order chi connectivity index (χ0) is 29.9. The summed E-state index contributed by atoms with van der Waals surface area (Å²) in [5, 5.41) is 8.88. The van der Waals surface area contributed by atoms with Crippen LogP contribution in [0.4, 0.5) is 11.4 Å². The van der Waals surface area contributed by atoms with E-state index in [4.69, 9.17) is 21.1 Å². The van der Waals surface area contributed by atoms with Crippen LogP contribution in [0, 0.1) is 0 Å². The van der Waals surface area contributed by atoms with Gasteiger partial charge in [-0.3, -0.25) is 14.4 Å². The first kappa shape index (κ1) is 30.2. The predicted molar refractivity (Wildman–Crippen MR) is 167 cm³/mol. The molecule has 0 aliphatic rings. The van der Waals surface area contributed by atoms with Crippen molar-refractivity contribution < 1.29 is 23.9 Å². The molecule has 4 rings (SSSR count). The molecule has 10 heteroatoms. The van der Waals surface area contributed by atoms with Crippen molar-refractivity contribution in [2.24, 2.45) is 0 Å². The van der Waals surface area contributed by atoms with Gasteiger partial charge in [-0.15, -0.1) is 11.8 Å². The third-order valence-corrected chi connectivity index (χ3v) is 7.11. The Labute approximate surface area is 253 Å². The van der Waals surface area contributed by atoms with Gasteiger partial charge in [0.1, 0.15) is 17.2 Å². The van der Waals surface area contributed by atoms with Gasteiger partial charge in [0.25, 0.3) is 11.8 Å². The third-order valence-electron chi connectivity index (χ3n) is 5.86. The number of halogens is 1. The van der Waals surface area contributed by atoms with Crippen LogP contribution in [0.1, 0.15) is 15.9 Å². The van der Waals surface area contributed by atoms with Crippen molar-refractivity contribution in [3.05, 3.63) is 119 Å². The lowest BCUT2D eigenvalue weighted by atomic mass is 10.1. The largest absolute Gasteiger partial charge is 0.497 e. The van der Waals surface area contributed by atoms with Gasteiger partial charge in [0, 0.05) is 38.5 Å². The molecular formula is C32H28ClN3O5S. The maximum absolute atomic E-state index is 13.4. The van der Waals surface area contributed by atoms with Gasteiger partial charge in [-0.05, 0) is 72.8 Å². The molecule has 0 saturated heterocycles. The van der Waals surface area contributed by atoms with Gasteiger partial charge in [0.05, 0.1) is 20.0 Å². The normalized spacial score (nSPS) is 10.9. The minimum atomic E-state index is -0.529. The van der Waals surface area contributed by atoms with Crippen molar-refractivity contribution in [1.82, 2.24) is 5.32 Å². The Morgan fingerprint density at radius 1 is 0.810 bits per heavy atom. The molecule has 214 valence electrons. The molecular weight excluding hydrogens is 574 g/mol. The number of amides is 3. The van der Waals surface area contributed by atoms with Gasteiger partial charge < -0.3 is 25.4 Å². The van der Waals surface area contributed by atoms with Crippen LogP contribution in [0.15, 0.2) is 108 Å². The van der Waals surface area contributed by atoms with Crippen LogP contribution >= 0.6 is 23.4 Å². The number of hydrogen-bond donors (Lipinski definition) is 3. The molecule has 0 saturated carbocycles. The highest BCUT2D eigenvalue weighted by Crippen LogP contribution is 2.27. The smallest absolute Gasteiger partial charge is 0.272 e. The van der Waals surface area contributed by atoms with Crippen LogP contribution in [0.2, 0.25) is 5.02 Å². The van der Waals surface area contributed by atoms with E-state index < -0.39 is 11.8 Å². The summed E-state index contributed by atoms with van der Waals surface area (Å²) in [6.45, 7) is 0. The van der Waals surface area contributed by atoms with Crippen LogP contribution in [0.5, 0.6) is 11.5 Å². The molecule has 0 radical (unpaired) electrons. The first-order valence-electron chi connectivity index (χ1n) is 12.7. The summed E-state index contributed by atoms with van der Waals surface area (Å²) in [6, 6.07) is 27.7. The molecule has 3 N–H and O–H groups in total. The Bertz CT molecular complexity index is 1590. The van der Waals surface area contributed by atoms with Gasteiger partial charge in [-0.2, -0.15) is 0 Å². The fourth-order valence-corrected chi connectivity index (χ4v) is 4.67. The molecule has 3 amide bonds. The van der Waals surface area contributed by atoms with Crippen LogP contribution < -0.4 is 25.4 Å². The number of hydrogen-bond acceptors (Lipinski definition) is 6. The molecule has 8 nitrogen and oxygen atoms in total. The Kier molecular flexibility index (Phi) is 10.6. The molecule has 4 aromatic carbocycles. The molecule has 0 spiro atoms. The standard InChI is InChI=1S/C32H28ClN3O5S/c1-40-26-14-11-22(29(19-26)41-2)17-28(36-31(38)21-7-4-3-5-8-21)32(39)35-24-12-15-27(16-13-24)42-20-30(37)34-25-10-6-9-23(33)18-25/h3-19H,20H2,1-2H3,(H,34,37)(H,35,39)(H,36,38)/b28-17-. The van der Waals surface area contributed by atoms with E-state index in [0.717, 1.165) is 4.90 Å². The zero-order valence-corrected chi connectivity index (χ0v) is 24.4. The van der Waals surface area contributed by atoms with Gasteiger partial charge in [-0.25, -0.2) is 0 Å². The lowest BCUT2D eigenvalue weighted by molar-refractivity contribution is -0.114. The quantitative estimate of drug-likeness (QED) is 0.134. The predicted octanol–water partition coefficient (Wildman–Crippen LogP) is 6.50. The molecule has 0 atom stereocenters. The summed E-state index contributed by atoms with van der Waals surface area (Å²) in [4.78, 5) is 39.5. The number of rotatable bonds is 11. The summed E-state index contributed by atoms with van der Waals surface area (Å²) in [5.41, 5.74) is 2.12. The SMILES string of the molecule is COc1ccc(/C=C(\NC(=O)c2ccccc2)C(=O)Nc2ccc(SCC(=O)Nc3cccc(Cl)c3)cc2)c(OC)c1. The number of carbonyl (C=O) groups is 3. The first-order valence-corrected chi connectivity index (χ1v) is 14.1. The summed E-state index contributed by atoms with van der Waals surface area (Å²) >= 11 is 7.32. The number of thioether (sulfide) groups is 1. The van der Waals surface area contributed by atoms with Gasteiger partial charge in [0.15, 0.2) is 0 Å². The average Bonchev–Trinajstić information content (AvgIpc) is 3.01. The van der Waals surface area contributed by atoms with E-state index >= 15 is 0 Å². The van der Waals surface area contributed by atoms with Crippen LogP contribution in [0.25, 0.3) is 6.08 Å². The molecule has 4 aromatic rings. The van der Waals surface area contributed by atoms with Crippen molar-refractivity contribution >= 4 is 58.5 Å². The highest BCUT2D eigenvalue weighted by Gasteiger charge is 2.17. The van der Waals surface area contributed by atoms with E-state index in [1.807, 2.05) is 0 Å². The Morgan fingerprint density at radius 2 is 1.57 bits per heavy atom. The van der Waals surface area contributed by atoms with E-state index in [1.54, 1.807) is 104 Å². The molecule has 0 aliphatic carbocycles. The highest BCUT2D eigenvalue weighted by atomic mass is 35.5. The zero-order valence-electron chi connectivity index (χ0n) is 22.8. The van der Waals surface area contributed by atoms with Crippen molar-refractivity contribution in [3.63, 3.8) is 0 Å². The number of carbonyl (C=O) groups excluding carboxylic acids is 3. The monoisotopic (exact) mass is 601 g/mol. The average molecular weight is 602 g/mol. The first-order chi connectivity index (χ1) is 20.3. The molecule has 0 fully saturated rings. The number of methoxy groups -OCH3 is 2. The van der Waals surface area contributed by atoms with E-state index in [9.17, 15) is 14.4 Å². The Balaban J connectivity index is 1.46. The van der Waals surface area contributed by atoms with Gasteiger partial charge >= 0.3 is 0 Å². The summed E-state index contributed by atoms with van der Waals surface area (Å²) < 4.78 is 10.7. The van der Waals surface area contributed by atoms with Crippen molar-refractivity contribution in [3.8, 4) is 11.5 Å². The lowest BCUT2D eigenvalue weighted by Gasteiger charge is -2.13. The van der Waals surface area contributed by atoms with Crippen LogP contribution in [-0.2, 0) is 9.59 Å². The number of nitrogens with one attached hydrogen (secondary N) is 3. The maximum atomic E-state index is 13.4. The van der Waals surface area contributed by atoms with Crippen molar-refractivity contribution in [2.75, 3.05) is 30.6 Å². The highest BCUT2D eigenvalue weighted by molar-refractivity contribution is 8.00. The number of ether oxygens (including phenoxy) is 2. The Morgan fingerprint density at radius 3 is 2.26 bits per heavy atom. The minimum Gasteiger partial charge on any atom is -0.497 e. The third kappa shape index (κ3) is 8.63. The van der Waals surface area contributed by atoms with E-state index in [0.29, 0.717) is 39.0 Å². The number of benzene rings is 4. The maximum Gasteiger partial charge on any atom is 0.272 e. The lowest BCUT2D eigenvalue weighted by Crippen LogP contribution is -2.30. The molecule has 0 heterocycles. The molecule has 0 aromatic heterocycles. The van der Waals surface area contributed by atoms with E-state index in [2.05, 4.69) is 16.0 Å². The van der Waals surface area contributed by atoms with Crippen molar-refractivity contribution in [2.45, 2.75) is 4.90 Å². The molecule has 0 aliphatic heterocycles. The fourth-order valence-electron chi connectivity index (χ4n) is 3.78. The second-order valence-corrected chi connectivity index (χ2v) is 10.3. The summed E-state index contributed by atoms with van der Waals surface area (Å²) in [5.74, 6) is 0.112. The van der Waals surface area contributed by atoms with Crippen LogP contribution in [0.3, 0.4) is 0 Å². The fraction of sp³-hybridized carbons (Fsp3) is 0.0938. The van der Waals surface area contributed by atoms with Gasteiger partial charge in [0.2, 0.25) is 5.91 Å². The molecule has 42 heavy (non-hydrogen) atoms.